The summed E-state index contributed by atoms with van der Waals surface area (Å²) in [5.74, 6) is 0.522. The van der Waals surface area contributed by atoms with E-state index in [-0.39, 0.29) is 6.61 Å². The Hall–Kier alpha value is -0.860. The highest BCUT2D eigenvalue weighted by Gasteiger charge is 2.08. The van der Waals surface area contributed by atoms with Crippen LogP contribution in [0, 0.1) is 19.8 Å². The van der Waals surface area contributed by atoms with Crippen LogP contribution in [-0.4, -0.2) is 18.3 Å². The lowest BCUT2D eigenvalue weighted by molar-refractivity contribution is 0.258. The van der Waals surface area contributed by atoms with Crippen LogP contribution < -0.4 is 5.32 Å². The van der Waals surface area contributed by atoms with Crippen molar-refractivity contribution in [2.45, 2.75) is 40.2 Å². The molecule has 0 aliphatic heterocycles. The molecule has 0 spiro atoms. The zero-order chi connectivity index (χ0) is 12.8. The fourth-order valence-electron chi connectivity index (χ4n) is 2.08. The second kappa shape index (κ2) is 6.77. The van der Waals surface area contributed by atoms with Gasteiger partial charge in [0, 0.05) is 12.6 Å². The summed E-state index contributed by atoms with van der Waals surface area (Å²) in [5.41, 5.74) is 3.98. The molecule has 0 bridgehead atoms. The van der Waals surface area contributed by atoms with Gasteiger partial charge in [-0.25, -0.2) is 0 Å². The number of benzene rings is 1. The molecule has 2 unspecified atom stereocenters. The summed E-state index contributed by atoms with van der Waals surface area (Å²) in [6.45, 7) is 9.86. The van der Waals surface area contributed by atoms with Crippen molar-refractivity contribution in [3.05, 3.63) is 34.9 Å². The summed E-state index contributed by atoms with van der Waals surface area (Å²) >= 11 is 0. The van der Waals surface area contributed by atoms with Gasteiger partial charge >= 0.3 is 0 Å². The predicted octanol–water partition coefficient (Wildman–Crippen LogP) is 2.97. The Morgan fingerprint density at radius 1 is 1.12 bits per heavy atom. The Morgan fingerprint density at radius 3 is 2.24 bits per heavy atom. The average molecular weight is 235 g/mol. The Labute approximate surface area is 105 Å². The first-order chi connectivity index (χ1) is 8.02. The zero-order valence-electron chi connectivity index (χ0n) is 11.5. The standard InChI is InChI=1S/C15H25NO/c1-11(5-6-17)10-16-14(4)15-8-12(2)7-13(3)9-15/h7-9,11,14,16-17H,5-6,10H2,1-4H3. The predicted molar refractivity (Wildman–Crippen MR) is 73.2 cm³/mol. The molecule has 2 nitrogen and oxygen atoms in total. The zero-order valence-corrected chi connectivity index (χ0v) is 11.5. The van der Waals surface area contributed by atoms with Crippen LogP contribution in [0.2, 0.25) is 0 Å². The van der Waals surface area contributed by atoms with E-state index in [0.717, 1.165) is 13.0 Å². The molecule has 0 fully saturated rings. The van der Waals surface area contributed by atoms with Gasteiger partial charge in [0.25, 0.3) is 0 Å². The minimum Gasteiger partial charge on any atom is -0.396 e. The van der Waals surface area contributed by atoms with Crippen molar-refractivity contribution >= 4 is 0 Å². The minimum absolute atomic E-state index is 0.279. The van der Waals surface area contributed by atoms with Crippen LogP contribution in [-0.2, 0) is 0 Å². The molecule has 2 heteroatoms. The highest BCUT2D eigenvalue weighted by atomic mass is 16.3. The number of aliphatic hydroxyl groups excluding tert-OH is 1. The van der Waals surface area contributed by atoms with E-state index in [2.05, 4.69) is 51.2 Å². The monoisotopic (exact) mass is 235 g/mol. The normalized spacial score (nSPS) is 14.6. The van der Waals surface area contributed by atoms with Crippen LogP contribution in [0.1, 0.15) is 43.0 Å². The van der Waals surface area contributed by atoms with Gasteiger partial charge in [-0.3, -0.25) is 0 Å². The molecule has 0 heterocycles. The number of aliphatic hydroxyl groups is 1. The quantitative estimate of drug-likeness (QED) is 0.794. The minimum atomic E-state index is 0.279. The molecule has 96 valence electrons. The van der Waals surface area contributed by atoms with E-state index in [9.17, 15) is 0 Å². The van der Waals surface area contributed by atoms with Crippen molar-refractivity contribution < 1.29 is 5.11 Å². The van der Waals surface area contributed by atoms with Crippen LogP contribution >= 0.6 is 0 Å². The second-order valence-electron chi connectivity index (χ2n) is 5.17. The van der Waals surface area contributed by atoms with Gasteiger partial charge in [-0.15, -0.1) is 0 Å². The summed E-state index contributed by atoms with van der Waals surface area (Å²) in [6, 6.07) is 7.04. The van der Waals surface area contributed by atoms with Gasteiger partial charge in [-0.2, -0.15) is 0 Å². The third-order valence-electron chi connectivity index (χ3n) is 3.14. The molecular weight excluding hydrogens is 210 g/mol. The van der Waals surface area contributed by atoms with Crippen LogP contribution in [0.25, 0.3) is 0 Å². The molecule has 2 N–H and O–H groups in total. The molecule has 0 saturated carbocycles. The summed E-state index contributed by atoms with van der Waals surface area (Å²) in [5, 5.41) is 12.4. The van der Waals surface area contributed by atoms with E-state index in [0.29, 0.717) is 12.0 Å². The van der Waals surface area contributed by atoms with E-state index < -0.39 is 0 Å². The van der Waals surface area contributed by atoms with Crippen LogP contribution in [0.4, 0.5) is 0 Å². The molecule has 0 amide bonds. The molecular formula is C15H25NO. The van der Waals surface area contributed by atoms with E-state index >= 15 is 0 Å². The smallest absolute Gasteiger partial charge is 0.0434 e. The summed E-state index contributed by atoms with van der Waals surface area (Å²) < 4.78 is 0. The van der Waals surface area contributed by atoms with Crippen LogP contribution in [0.3, 0.4) is 0 Å². The van der Waals surface area contributed by atoms with Crippen molar-refractivity contribution in [2.24, 2.45) is 5.92 Å². The highest BCUT2D eigenvalue weighted by molar-refractivity contribution is 5.30. The van der Waals surface area contributed by atoms with Crippen LogP contribution in [0.15, 0.2) is 18.2 Å². The third kappa shape index (κ3) is 4.88. The van der Waals surface area contributed by atoms with Crippen molar-refractivity contribution in [3.63, 3.8) is 0 Å². The van der Waals surface area contributed by atoms with E-state index in [1.165, 1.54) is 16.7 Å². The first-order valence-corrected chi connectivity index (χ1v) is 6.45. The largest absolute Gasteiger partial charge is 0.396 e. The molecule has 0 radical (unpaired) electrons. The maximum atomic E-state index is 8.86. The maximum Gasteiger partial charge on any atom is 0.0434 e. The number of aryl methyl sites for hydroxylation is 2. The molecule has 0 aliphatic carbocycles. The number of hydrogen-bond donors (Lipinski definition) is 2. The Balaban J connectivity index is 2.54. The molecule has 0 aromatic heterocycles. The average Bonchev–Trinajstić information content (AvgIpc) is 2.25. The van der Waals surface area contributed by atoms with Gasteiger partial charge in [-0.05, 0) is 45.2 Å². The molecule has 2 atom stereocenters. The Morgan fingerprint density at radius 2 is 1.71 bits per heavy atom. The van der Waals surface area contributed by atoms with Crippen molar-refractivity contribution in [1.82, 2.24) is 5.32 Å². The molecule has 1 rings (SSSR count). The van der Waals surface area contributed by atoms with Gasteiger partial charge < -0.3 is 10.4 Å². The fourth-order valence-corrected chi connectivity index (χ4v) is 2.08. The lowest BCUT2D eigenvalue weighted by Gasteiger charge is -2.18. The Bertz CT molecular complexity index is 329. The third-order valence-corrected chi connectivity index (χ3v) is 3.14. The van der Waals surface area contributed by atoms with Gasteiger partial charge in [-0.1, -0.05) is 36.2 Å². The highest BCUT2D eigenvalue weighted by Crippen LogP contribution is 2.17. The first kappa shape index (κ1) is 14.2. The summed E-state index contributed by atoms with van der Waals surface area (Å²) in [4.78, 5) is 0. The SMILES string of the molecule is Cc1cc(C)cc(C(C)NCC(C)CCO)c1. The van der Waals surface area contributed by atoms with Crippen molar-refractivity contribution in [1.29, 1.82) is 0 Å². The lowest BCUT2D eigenvalue weighted by atomic mass is 10.0. The second-order valence-corrected chi connectivity index (χ2v) is 5.17. The molecule has 0 saturated heterocycles. The van der Waals surface area contributed by atoms with Crippen molar-refractivity contribution in [2.75, 3.05) is 13.2 Å². The number of hydrogen-bond acceptors (Lipinski definition) is 2. The lowest BCUT2D eigenvalue weighted by Crippen LogP contribution is -2.25. The number of rotatable bonds is 6. The molecule has 0 aliphatic rings. The molecule has 1 aromatic carbocycles. The van der Waals surface area contributed by atoms with E-state index in [4.69, 9.17) is 5.11 Å². The maximum absolute atomic E-state index is 8.86. The van der Waals surface area contributed by atoms with Gasteiger partial charge in [0.05, 0.1) is 0 Å². The number of nitrogens with one attached hydrogen (secondary N) is 1. The van der Waals surface area contributed by atoms with Gasteiger partial charge in [0.1, 0.15) is 0 Å². The van der Waals surface area contributed by atoms with Crippen molar-refractivity contribution in [3.8, 4) is 0 Å². The van der Waals surface area contributed by atoms with Gasteiger partial charge in [0.2, 0.25) is 0 Å². The van der Waals surface area contributed by atoms with Gasteiger partial charge in [0.15, 0.2) is 0 Å². The molecule has 1 aromatic rings. The topological polar surface area (TPSA) is 32.3 Å². The van der Waals surface area contributed by atoms with E-state index in [1.807, 2.05) is 0 Å². The summed E-state index contributed by atoms with van der Waals surface area (Å²) in [6.07, 6.45) is 0.868. The van der Waals surface area contributed by atoms with Crippen LogP contribution in [0.5, 0.6) is 0 Å². The fraction of sp³-hybridized carbons (Fsp3) is 0.600. The first-order valence-electron chi connectivity index (χ1n) is 6.45. The molecule has 17 heavy (non-hydrogen) atoms. The Kier molecular flexibility index (Phi) is 5.66. The summed E-state index contributed by atoms with van der Waals surface area (Å²) in [7, 11) is 0. The van der Waals surface area contributed by atoms with E-state index in [1.54, 1.807) is 0 Å².